The van der Waals surface area contributed by atoms with Crippen LogP contribution in [0.1, 0.15) is 36.1 Å². The van der Waals surface area contributed by atoms with Gasteiger partial charge in [0.05, 0.1) is 5.92 Å². The smallest absolute Gasteiger partial charge is 0.222 e. The molecule has 2 N–H and O–H groups in total. The van der Waals surface area contributed by atoms with Crippen LogP contribution < -0.4 is 10.6 Å². The molecule has 1 saturated heterocycles. The molecule has 5 nitrogen and oxygen atoms in total. The van der Waals surface area contributed by atoms with E-state index in [0.717, 1.165) is 51.1 Å². The number of aryl methyl sites for hydroxylation is 2. The molecular formula is C17H27N3O2. The van der Waals surface area contributed by atoms with Gasteiger partial charge in [-0.3, -0.25) is 9.78 Å². The third-order valence-electron chi connectivity index (χ3n) is 4.55. The first kappa shape index (κ1) is 16.7. The maximum Gasteiger partial charge on any atom is 0.222 e. The van der Waals surface area contributed by atoms with E-state index in [1.54, 1.807) is 7.11 Å². The van der Waals surface area contributed by atoms with Gasteiger partial charge in [-0.2, -0.15) is 0 Å². The fourth-order valence-electron chi connectivity index (χ4n) is 3.19. The van der Waals surface area contributed by atoms with Crippen LogP contribution in [0, 0.1) is 19.8 Å². The molecule has 1 aliphatic rings. The maximum absolute atomic E-state index is 11.5. The van der Waals surface area contributed by atoms with E-state index in [1.165, 1.54) is 16.8 Å². The van der Waals surface area contributed by atoms with Crippen molar-refractivity contribution in [3.63, 3.8) is 0 Å². The molecular weight excluding hydrogens is 278 g/mol. The summed E-state index contributed by atoms with van der Waals surface area (Å²) in [6.45, 7) is 6.59. The van der Waals surface area contributed by atoms with Crippen molar-refractivity contribution in [3.8, 4) is 0 Å². The first-order valence-electron chi connectivity index (χ1n) is 8.02. The van der Waals surface area contributed by atoms with Gasteiger partial charge in [0, 0.05) is 44.4 Å². The number of ether oxygens (including phenoxy) is 1. The summed E-state index contributed by atoms with van der Waals surface area (Å²) < 4.78 is 5.16. The summed E-state index contributed by atoms with van der Waals surface area (Å²) in [5.74, 6) is -0.234. The minimum atomic E-state index is -0.186. The summed E-state index contributed by atoms with van der Waals surface area (Å²) in [6.07, 6.45) is 5.79. The highest BCUT2D eigenvalue weighted by Gasteiger charge is 2.26. The van der Waals surface area contributed by atoms with Crippen molar-refractivity contribution in [2.45, 2.75) is 39.5 Å². The Morgan fingerprint density at radius 2 is 2.27 bits per heavy atom. The van der Waals surface area contributed by atoms with Crippen molar-refractivity contribution in [2.24, 2.45) is 11.7 Å². The van der Waals surface area contributed by atoms with Gasteiger partial charge in [0.2, 0.25) is 5.91 Å². The van der Waals surface area contributed by atoms with Gasteiger partial charge in [0.25, 0.3) is 0 Å². The molecule has 1 unspecified atom stereocenters. The topological polar surface area (TPSA) is 68.4 Å². The second kappa shape index (κ2) is 7.58. The number of rotatable bonds is 6. The van der Waals surface area contributed by atoms with Crippen LogP contribution in [0.25, 0.3) is 0 Å². The highest BCUT2D eigenvalue weighted by Crippen LogP contribution is 2.31. The number of piperidine rings is 1. The van der Waals surface area contributed by atoms with Crippen LogP contribution >= 0.6 is 0 Å². The summed E-state index contributed by atoms with van der Waals surface area (Å²) in [7, 11) is 1.72. The Labute approximate surface area is 132 Å². The molecule has 1 aromatic heterocycles. The van der Waals surface area contributed by atoms with Crippen LogP contribution in [-0.4, -0.2) is 37.7 Å². The number of carbonyl (C=O) groups excluding carboxylic acids is 1. The average molecular weight is 305 g/mol. The Bertz CT molecular complexity index is 531. The Morgan fingerprint density at radius 3 is 2.95 bits per heavy atom. The number of aromatic nitrogens is 1. The van der Waals surface area contributed by atoms with E-state index >= 15 is 0 Å². The monoisotopic (exact) mass is 305 g/mol. The van der Waals surface area contributed by atoms with Gasteiger partial charge < -0.3 is 15.4 Å². The lowest BCUT2D eigenvalue weighted by Gasteiger charge is -2.35. The number of anilines is 1. The fraction of sp³-hybridized carbons (Fsp3) is 0.647. The first-order valence-corrected chi connectivity index (χ1v) is 8.02. The van der Waals surface area contributed by atoms with Gasteiger partial charge >= 0.3 is 0 Å². The second-order valence-electron chi connectivity index (χ2n) is 6.13. The van der Waals surface area contributed by atoms with Crippen LogP contribution in [-0.2, 0) is 16.0 Å². The van der Waals surface area contributed by atoms with E-state index in [9.17, 15) is 4.79 Å². The zero-order valence-corrected chi connectivity index (χ0v) is 13.9. The molecule has 1 amide bonds. The minimum absolute atomic E-state index is 0.0477. The van der Waals surface area contributed by atoms with E-state index in [4.69, 9.17) is 10.5 Å². The summed E-state index contributed by atoms with van der Waals surface area (Å²) in [5.41, 5.74) is 10.3. The van der Waals surface area contributed by atoms with Gasteiger partial charge in [-0.15, -0.1) is 0 Å². The number of carbonyl (C=O) groups is 1. The molecule has 0 saturated carbocycles. The second-order valence-corrected chi connectivity index (χ2v) is 6.13. The molecule has 1 aromatic rings. The molecule has 0 radical (unpaired) electrons. The van der Waals surface area contributed by atoms with Crippen LogP contribution in [0.15, 0.2) is 6.20 Å². The Kier molecular flexibility index (Phi) is 5.77. The number of nitrogens with two attached hydrogens (primary N) is 1. The van der Waals surface area contributed by atoms with Crippen LogP contribution in [0.3, 0.4) is 0 Å². The van der Waals surface area contributed by atoms with Gasteiger partial charge in [-0.1, -0.05) is 0 Å². The highest BCUT2D eigenvalue weighted by atomic mass is 16.5. The van der Waals surface area contributed by atoms with E-state index in [-0.39, 0.29) is 11.8 Å². The van der Waals surface area contributed by atoms with Gasteiger partial charge in [-0.05, 0) is 50.7 Å². The molecule has 1 aliphatic heterocycles. The number of primary amides is 1. The number of hydrogen-bond donors (Lipinski definition) is 1. The lowest BCUT2D eigenvalue weighted by Crippen LogP contribution is -2.42. The number of amides is 1. The molecule has 0 spiro atoms. The third-order valence-corrected chi connectivity index (χ3v) is 4.55. The maximum atomic E-state index is 11.5. The molecule has 2 heterocycles. The molecule has 0 bridgehead atoms. The van der Waals surface area contributed by atoms with Crippen molar-refractivity contribution < 1.29 is 9.53 Å². The summed E-state index contributed by atoms with van der Waals surface area (Å²) in [4.78, 5) is 18.4. The zero-order valence-electron chi connectivity index (χ0n) is 13.9. The molecule has 0 aliphatic carbocycles. The van der Waals surface area contributed by atoms with E-state index in [1.807, 2.05) is 13.1 Å². The standard InChI is InChI=1S/C17H27N3O2/c1-12-13(2)19-10-14(7-5-9-22-3)16(12)20-8-4-6-15(11-20)17(18)21/h10,15H,4-9,11H2,1-3H3,(H2,18,21). The molecule has 2 rings (SSSR count). The predicted octanol–water partition coefficient (Wildman–Crippen LogP) is 1.98. The lowest BCUT2D eigenvalue weighted by molar-refractivity contribution is -0.122. The zero-order chi connectivity index (χ0) is 16.1. The quantitative estimate of drug-likeness (QED) is 0.816. The summed E-state index contributed by atoms with van der Waals surface area (Å²) in [6, 6.07) is 0. The van der Waals surface area contributed by atoms with Crippen molar-refractivity contribution >= 4 is 11.6 Å². The van der Waals surface area contributed by atoms with Crippen molar-refractivity contribution in [2.75, 3.05) is 31.7 Å². The van der Waals surface area contributed by atoms with Crippen LogP contribution in [0.2, 0.25) is 0 Å². The van der Waals surface area contributed by atoms with E-state index in [2.05, 4.69) is 16.8 Å². The Hall–Kier alpha value is -1.62. The van der Waals surface area contributed by atoms with Gasteiger partial charge in [-0.25, -0.2) is 0 Å². The van der Waals surface area contributed by atoms with Gasteiger partial charge in [0.1, 0.15) is 0 Å². The van der Waals surface area contributed by atoms with Crippen molar-refractivity contribution in [1.82, 2.24) is 4.98 Å². The van der Waals surface area contributed by atoms with E-state index < -0.39 is 0 Å². The fourth-order valence-corrected chi connectivity index (χ4v) is 3.19. The Morgan fingerprint density at radius 1 is 1.50 bits per heavy atom. The third kappa shape index (κ3) is 3.77. The summed E-state index contributed by atoms with van der Waals surface area (Å²) in [5, 5.41) is 0. The van der Waals surface area contributed by atoms with Crippen molar-refractivity contribution in [1.29, 1.82) is 0 Å². The molecule has 0 aromatic carbocycles. The number of nitrogens with zero attached hydrogens (tertiary/aromatic N) is 2. The molecule has 1 fully saturated rings. The largest absolute Gasteiger partial charge is 0.385 e. The normalized spacial score (nSPS) is 18.5. The number of hydrogen-bond acceptors (Lipinski definition) is 4. The van der Waals surface area contributed by atoms with Crippen LogP contribution in [0.4, 0.5) is 5.69 Å². The van der Waals surface area contributed by atoms with Gasteiger partial charge in [0.15, 0.2) is 0 Å². The summed E-state index contributed by atoms with van der Waals surface area (Å²) >= 11 is 0. The minimum Gasteiger partial charge on any atom is -0.385 e. The molecule has 5 heteroatoms. The Balaban J connectivity index is 2.26. The SMILES string of the molecule is COCCCc1cnc(C)c(C)c1N1CCCC(C(N)=O)C1. The lowest BCUT2D eigenvalue weighted by atomic mass is 9.95. The first-order chi connectivity index (χ1) is 10.5. The van der Waals surface area contributed by atoms with E-state index in [0.29, 0.717) is 0 Å². The highest BCUT2D eigenvalue weighted by molar-refractivity contribution is 5.78. The average Bonchev–Trinajstić information content (AvgIpc) is 2.51. The van der Waals surface area contributed by atoms with Crippen molar-refractivity contribution in [3.05, 3.63) is 23.0 Å². The molecule has 1 atom stereocenters. The number of pyridine rings is 1. The van der Waals surface area contributed by atoms with Crippen LogP contribution in [0.5, 0.6) is 0 Å². The number of methoxy groups -OCH3 is 1. The molecule has 22 heavy (non-hydrogen) atoms. The molecule has 122 valence electrons. The predicted molar refractivity (Wildman–Crippen MR) is 88.0 cm³/mol.